The molecule has 0 heterocycles. The summed E-state index contributed by atoms with van der Waals surface area (Å²) in [4.78, 5) is 9.86. The number of rotatable bonds is 3. The Morgan fingerprint density at radius 1 is 1.33 bits per heavy atom. The minimum absolute atomic E-state index is 0. The molecule has 0 unspecified atom stereocenters. The van der Waals surface area contributed by atoms with Crippen molar-refractivity contribution in [3.05, 3.63) is 0 Å². The fourth-order valence-corrected chi connectivity index (χ4v) is 2.79. The van der Waals surface area contributed by atoms with E-state index in [2.05, 4.69) is 4.74 Å². The van der Waals surface area contributed by atoms with Crippen LogP contribution in [0.5, 0.6) is 0 Å². The molecule has 0 radical (unpaired) electrons. The van der Waals surface area contributed by atoms with E-state index in [9.17, 15) is 13.6 Å². The van der Waals surface area contributed by atoms with Crippen LogP contribution < -0.4 is 5.73 Å². The number of carbonyl (C=O) groups excluding carboxylic acids is 1. The van der Waals surface area contributed by atoms with Crippen LogP contribution in [0.1, 0.15) is 46.5 Å². The minimum Gasteiger partial charge on any atom is -0.468 e. The third-order valence-corrected chi connectivity index (χ3v) is 3.11. The summed E-state index contributed by atoms with van der Waals surface area (Å²) in [7, 11) is 0. The first kappa shape index (κ1) is 15.3. The maximum atomic E-state index is 12.5. The maximum Gasteiger partial charge on any atom is 0.293 e. The second-order valence-corrected chi connectivity index (χ2v) is 6.78. The van der Waals surface area contributed by atoms with E-state index in [1.54, 1.807) is 0 Å². The van der Waals surface area contributed by atoms with E-state index in [0.717, 1.165) is 12.8 Å². The molecule has 0 amide bonds. The molecule has 18 heavy (non-hydrogen) atoms. The molecule has 2 rings (SSSR count). The van der Waals surface area contributed by atoms with Crippen LogP contribution >= 0.6 is 0 Å². The minimum atomic E-state index is -2.42. The van der Waals surface area contributed by atoms with E-state index >= 15 is 0 Å². The lowest BCUT2D eigenvalue weighted by atomic mass is 9.50. The van der Waals surface area contributed by atoms with Crippen molar-refractivity contribution >= 4 is 6.47 Å². The quantitative estimate of drug-likeness (QED) is 0.796. The van der Waals surface area contributed by atoms with Gasteiger partial charge in [-0.1, -0.05) is 0 Å². The average Bonchev–Trinajstić information content (AvgIpc) is 2.04. The highest BCUT2D eigenvalue weighted by molar-refractivity contribution is 5.36. The normalized spacial score (nSPS) is 24.3. The van der Waals surface area contributed by atoms with Gasteiger partial charge in [0.15, 0.2) is 0 Å². The zero-order valence-corrected chi connectivity index (χ0v) is 11.3. The van der Waals surface area contributed by atoms with Crippen LogP contribution in [-0.4, -0.2) is 24.5 Å². The van der Waals surface area contributed by atoms with Gasteiger partial charge < -0.3 is 10.5 Å². The van der Waals surface area contributed by atoms with Crippen LogP contribution in [0.25, 0.3) is 0 Å². The highest BCUT2D eigenvalue weighted by Crippen LogP contribution is 2.64. The van der Waals surface area contributed by atoms with Crippen molar-refractivity contribution in [2.45, 2.75) is 57.9 Å². The van der Waals surface area contributed by atoms with E-state index in [0.29, 0.717) is 19.0 Å². The summed E-state index contributed by atoms with van der Waals surface area (Å²) in [5.41, 5.74) is 5.26. The van der Waals surface area contributed by atoms with Gasteiger partial charge in [-0.3, -0.25) is 4.79 Å². The number of nitrogens with two attached hydrogens (primary N) is 1. The maximum absolute atomic E-state index is 12.5. The summed E-state index contributed by atoms with van der Waals surface area (Å²) in [6.45, 7) is 6.71. The van der Waals surface area contributed by atoms with Gasteiger partial charge in [0.05, 0.1) is 6.61 Å². The Labute approximate surface area is 107 Å². The van der Waals surface area contributed by atoms with Gasteiger partial charge in [0.25, 0.3) is 6.47 Å². The largest absolute Gasteiger partial charge is 0.468 e. The monoisotopic (exact) mass is 263 g/mol. The zero-order valence-electron chi connectivity index (χ0n) is 11.3. The molecule has 2 aliphatic carbocycles. The number of halogens is 2. The number of ether oxygens (including phenoxy) is 1. The first-order chi connectivity index (χ1) is 8.05. The molecule has 1 spiro atoms. The molecule has 3 nitrogen and oxygen atoms in total. The van der Waals surface area contributed by atoms with Gasteiger partial charge in [-0.2, -0.15) is 0 Å². The summed E-state index contributed by atoms with van der Waals surface area (Å²) in [5, 5.41) is 0. The first-order valence-electron chi connectivity index (χ1n) is 6.27. The van der Waals surface area contributed by atoms with Crippen LogP contribution in [0.4, 0.5) is 8.78 Å². The smallest absolute Gasteiger partial charge is 0.293 e. The van der Waals surface area contributed by atoms with E-state index in [1.807, 2.05) is 20.8 Å². The average molecular weight is 263 g/mol. The summed E-state index contributed by atoms with van der Waals surface area (Å²) < 4.78 is 29.7. The molecular weight excluding hydrogens is 240 g/mol. The Balaban J connectivity index is 0.000000280. The third kappa shape index (κ3) is 4.88. The fourth-order valence-electron chi connectivity index (χ4n) is 2.79. The van der Waals surface area contributed by atoms with Gasteiger partial charge in [-0.15, -0.1) is 0 Å². The van der Waals surface area contributed by atoms with E-state index < -0.39 is 5.92 Å². The van der Waals surface area contributed by atoms with Crippen molar-refractivity contribution in [2.75, 3.05) is 6.61 Å². The van der Waals surface area contributed by atoms with Crippen molar-refractivity contribution in [2.24, 2.45) is 17.1 Å². The molecule has 0 aromatic rings. The molecule has 2 N–H and O–H groups in total. The number of carbonyl (C=O) groups is 1. The lowest BCUT2D eigenvalue weighted by Crippen LogP contribution is -2.54. The van der Waals surface area contributed by atoms with E-state index in [4.69, 9.17) is 5.73 Å². The summed E-state index contributed by atoms with van der Waals surface area (Å²) in [6, 6.07) is 0. The standard InChI is InChI=1S/C9H12F2O2.C4H11N/c10-9(11)4-8(5-9)1-7(2-8)3-13-6-12;1-4(2,3)5/h6-7H,1-5H2;5H2,1-3H3. The summed E-state index contributed by atoms with van der Waals surface area (Å²) in [5.74, 6) is -2.10. The predicted molar refractivity (Wildman–Crippen MR) is 65.3 cm³/mol. The molecule has 0 bridgehead atoms. The summed E-state index contributed by atoms with van der Waals surface area (Å²) >= 11 is 0. The molecule has 0 aromatic carbocycles. The molecule has 0 saturated heterocycles. The van der Waals surface area contributed by atoms with Crippen molar-refractivity contribution < 1.29 is 18.3 Å². The Bertz CT molecular complexity index is 278. The number of alkyl halides is 2. The lowest BCUT2D eigenvalue weighted by molar-refractivity contribution is -0.211. The Morgan fingerprint density at radius 3 is 2.11 bits per heavy atom. The van der Waals surface area contributed by atoms with Crippen molar-refractivity contribution in [3.63, 3.8) is 0 Å². The second-order valence-electron chi connectivity index (χ2n) is 6.78. The van der Waals surface area contributed by atoms with Crippen LogP contribution in [0.15, 0.2) is 0 Å². The van der Waals surface area contributed by atoms with Crippen LogP contribution in [-0.2, 0) is 9.53 Å². The van der Waals surface area contributed by atoms with Gasteiger partial charge in [0.2, 0.25) is 5.92 Å². The van der Waals surface area contributed by atoms with Gasteiger partial charge in [0, 0.05) is 18.4 Å². The topological polar surface area (TPSA) is 52.3 Å². The van der Waals surface area contributed by atoms with Gasteiger partial charge in [-0.05, 0) is 44.9 Å². The highest BCUT2D eigenvalue weighted by Gasteiger charge is 2.61. The lowest BCUT2D eigenvalue weighted by Gasteiger charge is -2.57. The van der Waals surface area contributed by atoms with Crippen molar-refractivity contribution in [1.82, 2.24) is 0 Å². The van der Waals surface area contributed by atoms with Gasteiger partial charge >= 0.3 is 0 Å². The van der Waals surface area contributed by atoms with Crippen molar-refractivity contribution in [3.8, 4) is 0 Å². The Morgan fingerprint density at radius 2 is 1.78 bits per heavy atom. The molecule has 2 saturated carbocycles. The summed E-state index contributed by atoms with van der Waals surface area (Å²) in [6.07, 6.45) is 1.68. The zero-order chi connectivity index (χ0) is 14.0. The fraction of sp³-hybridized carbons (Fsp3) is 0.923. The molecular formula is C13H23F2NO2. The first-order valence-corrected chi connectivity index (χ1v) is 6.27. The SMILES string of the molecule is CC(C)(C)N.O=COCC1CC2(C1)CC(F)(F)C2. The molecule has 106 valence electrons. The Hall–Kier alpha value is -0.710. The van der Waals surface area contributed by atoms with Crippen LogP contribution in [0, 0.1) is 11.3 Å². The third-order valence-electron chi connectivity index (χ3n) is 3.11. The van der Waals surface area contributed by atoms with E-state index in [1.165, 1.54) is 0 Å². The molecule has 0 atom stereocenters. The highest BCUT2D eigenvalue weighted by atomic mass is 19.3. The second kappa shape index (κ2) is 5.11. The predicted octanol–water partition coefficient (Wildman–Crippen LogP) is 2.73. The van der Waals surface area contributed by atoms with Crippen LogP contribution in [0.3, 0.4) is 0 Å². The van der Waals surface area contributed by atoms with E-state index in [-0.39, 0.29) is 23.8 Å². The van der Waals surface area contributed by atoms with Crippen molar-refractivity contribution in [1.29, 1.82) is 0 Å². The number of hydrogen-bond donors (Lipinski definition) is 1. The Kier molecular flexibility index (Phi) is 4.36. The molecule has 0 aliphatic heterocycles. The molecule has 0 aromatic heterocycles. The molecule has 5 heteroatoms. The van der Waals surface area contributed by atoms with Gasteiger partial charge in [0.1, 0.15) is 0 Å². The number of hydrogen-bond acceptors (Lipinski definition) is 3. The molecule has 2 aliphatic rings. The van der Waals surface area contributed by atoms with Crippen LogP contribution in [0.2, 0.25) is 0 Å². The molecule has 2 fully saturated rings. The van der Waals surface area contributed by atoms with Gasteiger partial charge in [-0.25, -0.2) is 8.78 Å².